The Morgan fingerprint density at radius 3 is 2.02 bits per heavy atom. The first-order chi connectivity index (χ1) is 20.8. The Morgan fingerprint density at radius 2 is 1.36 bits per heavy atom. The van der Waals surface area contributed by atoms with Crippen molar-refractivity contribution >= 4 is 43.5 Å². The van der Waals surface area contributed by atoms with Gasteiger partial charge in [-0.25, -0.2) is 26.7 Å². The van der Waals surface area contributed by atoms with Gasteiger partial charge in [0.05, 0.1) is 17.1 Å². The molecule has 3 rings (SSSR count). The first-order valence-electron chi connectivity index (χ1n) is 14.4. The highest BCUT2D eigenvalue weighted by Crippen LogP contribution is 2.41. The van der Waals surface area contributed by atoms with E-state index in [4.69, 9.17) is 5.14 Å². The molecule has 9 nitrogen and oxygen atoms in total. The first-order valence-corrected chi connectivity index (χ1v) is 18.9. The summed E-state index contributed by atoms with van der Waals surface area (Å²) < 4.78 is 48.7. The fourth-order valence-corrected chi connectivity index (χ4v) is 7.27. The maximum atomic E-state index is 12.9. The van der Waals surface area contributed by atoms with Crippen LogP contribution < -0.4 is 9.86 Å². The van der Waals surface area contributed by atoms with E-state index in [9.17, 15) is 31.5 Å². The molecule has 3 aromatic rings. The number of hydrogen-bond acceptors (Lipinski definition) is 8. The van der Waals surface area contributed by atoms with Crippen molar-refractivity contribution in [3.63, 3.8) is 0 Å². The van der Waals surface area contributed by atoms with Crippen LogP contribution in [0.15, 0.2) is 83.8 Å². The van der Waals surface area contributed by atoms with E-state index in [0.717, 1.165) is 68.5 Å². The molecular formula is C32H40N2O7S3. The molecule has 12 heteroatoms. The molecule has 0 aliphatic heterocycles. The van der Waals surface area contributed by atoms with Gasteiger partial charge in [-0.3, -0.25) is 9.59 Å². The Morgan fingerprint density at radius 1 is 0.795 bits per heavy atom. The predicted molar refractivity (Wildman–Crippen MR) is 174 cm³/mol. The summed E-state index contributed by atoms with van der Waals surface area (Å²) in [6.45, 7) is 0. The maximum absolute atomic E-state index is 12.9. The highest BCUT2D eigenvalue weighted by molar-refractivity contribution is 7.99. The third-order valence-corrected chi connectivity index (χ3v) is 9.61. The van der Waals surface area contributed by atoms with Gasteiger partial charge in [0, 0.05) is 4.90 Å². The number of primary sulfonamides is 1. The van der Waals surface area contributed by atoms with Crippen molar-refractivity contribution in [2.75, 3.05) is 12.0 Å². The molecule has 2 unspecified atom stereocenters. The van der Waals surface area contributed by atoms with E-state index in [1.165, 1.54) is 11.6 Å². The van der Waals surface area contributed by atoms with Crippen LogP contribution in [-0.2, 0) is 37.7 Å². The fraction of sp³-hybridized carbons (Fsp3) is 0.375. The van der Waals surface area contributed by atoms with Crippen LogP contribution in [0.5, 0.6) is 0 Å². The minimum Gasteiger partial charge on any atom is -0.384 e. The van der Waals surface area contributed by atoms with E-state index in [-0.39, 0.29) is 5.56 Å². The number of aliphatic hydroxyl groups is 1. The summed E-state index contributed by atoms with van der Waals surface area (Å²) in [6.07, 6.45) is 7.20. The lowest BCUT2D eigenvalue weighted by molar-refractivity contribution is -0.124. The lowest BCUT2D eigenvalue weighted by Gasteiger charge is -2.25. The molecule has 0 saturated carbocycles. The lowest BCUT2D eigenvalue weighted by atomic mass is 9.95. The molecule has 0 aliphatic rings. The zero-order valence-corrected chi connectivity index (χ0v) is 27.2. The molecule has 1 amide bonds. The summed E-state index contributed by atoms with van der Waals surface area (Å²) in [5.41, 5.74) is 2.88. The van der Waals surface area contributed by atoms with Crippen LogP contribution in [0.4, 0.5) is 0 Å². The molecular weight excluding hydrogens is 621 g/mol. The summed E-state index contributed by atoms with van der Waals surface area (Å²) in [5.74, 6) is -2.89. The van der Waals surface area contributed by atoms with Gasteiger partial charge in [-0.1, -0.05) is 92.4 Å². The van der Waals surface area contributed by atoms with Gasteiger partial charge in [0.25, 0.3) is 5.91 Å². The largest absolute Gasteiger partial charge is 0.384 e. The Labute approximate surface area is 264 Å². The number of nitrogens with one attached hydrogen (secondary N) is 1. The van der Waals surface area contributed by atoms with E-state index in [1.807, 2.05) is 22.9 Å². The van der Waals surface area contributed by atoms with Crippen LogP contribution >= 0.6 is 11.8 Å². The van der Waals surface area contributed by atoms with Gasteiger partial charge >= 0.3 is 0 Å². The summed E-state index contributed by atoms with van der Waals surface area (Å²) in [5, 5.41) is 15.3. The number of Topliss-reactive ketones (excluding diaryl/α,β-unsaturated/α-hetero) is 1. The lowest BCUT2D eigenvalue weighted by Crippen LogP contribution is -2.35. The maximum Gasteiger partial charge on any atom is 0.265 e. The van der Waals surface area contributed by atoms with E-state index in [0.29, 0.717) is 16.9 Å². The molecule has 0 spiro atoms. The van der Waals surface area contributed by atoms with E-state index < -0.39 is 48.8 Å². The number of amides is 1. The molecule has 44 heavy (non-hydrogen) atoms. The molecule has 0 radical (unpaired) electrons. The average Bonchev–Trinajstić information content (AvgIpc) is 2.96. The van der Waals surface area contributed by atoms with Crippen LogP contribution in [-0.4, -0.2) is 51.7 Å². The van der Waals surface area contributed by atoms with Crippen LogP contribution in [0.1, 0.15) is 70.8 Å². The Kier molecular flexibility index (Phi) is 13.6. The summed E-state index contributed by atoms with van der Waals surface area (Å²) in [7, 11) is -8.05. The van der Waals surface area contributed by atoms with E-state index >= 15 is 0 Å². The number of aliphatic hydroxyl groups excluding tert-OH is 1. The quantitative estimate of drug-likeness (QED) is 0.132. The predicted octanol–water partition coefficient (Wildman–Crippen LogP) is 4.55. The van der Waals surface area contributed by atoms with Crippen LogP contribution in [0.3, 0.4) is 0 Å². The van der Waals surface area contributed by atoms with Crippen LogP contribution in [0, 0.1) is 0 Å². The van der Waals surface area contributed by atoms with Gasteiger partial charge < -0.3 is 5.11 Å². The average molecular weight is 661 g/mol. The van der Waals surface area contributed by atoms with Gasteiger partial charge in [0.2, 0.25) is 20.0 Å². The highest BCUT2D eigenvalue weighted by Gasteiger charge is 2.33. The number of benzene rings is 3. The minimum atomic E-state index is -4.20. The van der Waals surface area contributed by atoms with Gasteiger partial charge in [-0.15, -0.1) is 11.8 Å². The monoisotopic (exact) mass is 660 g/mol. The fourth-order valence-electron chi connectivity index (χ4n) is 4.90. The van der Waals surface area contributed by atoms with Crippen molar-refractivity contribution in [3.8, 4) is 0 Å². The highest BCUT2D eigenvalue weighted by atomic mass is 32.2. The molecule has 0 bridgehead atoms. The van der Waals surface area contributed by atoms with Crippen molar-refractivity contribution in [1.82, 2.24) is 4.72 Å². The van der Waals surface area contributed by atoms with Crippen molar-refractivity contribution in [2.45, 2.75) is 67.6 Å². The number of aryl methyl sites for hydroxylation is 2. The van der Waals surface area contributed by atoms with Gasteiger partial charge in [-0.05, 0) is 54.5 Å². The van der Waals surface area contributed by atoms with Crippen molar-refractivity contribution < 1.29 is 31.5 Å². The number of sulfonamides is 2. The molecule has 0 fully saturated rings. The number of carbonyl (C=O) groups is 2. The third kappa shape index (κ3) is 12.2. The topological polar surface area (TPSA) is 161 Å². The standard InChI is InChI=1S/C32H40N2O7S3/c1-43(38,39)34-32(37)27-21-13-14-22-29(27)42-31(30(36)28(35)23-44(33,40)41)26-20-12-11-19-25(26)18-10-5-3-2-4-7-15-24-16-8-6-9-17-24/h6,8-9,11-14,16-17,19-22,30-31,36H,2-5,7,10,15,18,23H2,1H3,(H,34,37)(H2,33,40,41). The Balaban J connectivity index is 1.75. The number of unbranched alkanes of at least 4 members (excludes halogenated alkanes) is 5. The zero-order valence-electron chi connectivity index (χ0n) is 24.7. The zero-order chi connectivity index (χ0) is 32.2. The molecule has 238 valence electrons. The summed E-state index contributed by atoms with van der Waals surface area (Å²) >= 11 is 0.988. The second-order valence-electron chi connectivity index (χ2n) is 10.8. The van der Waals surface area contributed by atoms with E-state index in [2.05, 4.69) is 24.3 Å². The minimum absolute atomic E-state index is 0.0313. The van der Waals surface area contributed by atoms with Crippen molar-refractivity contribution in [3.05, 3.63) is 101 Å². The first kappa shape index (κ1) is 35.4. The van der Waals surface area contributed by atoms with Gasteiger partial charge in [0.15, 0.2) is 5.78 Å². The van der Waals surface area contributed by atoms with Crippen molar-refractivity contribution in [1.29, 1.82) is 0 Å². The molecule has 2 atom stereocenters. The number of thioether (sulfide) groups is 1. The second-order valence-corrected chi connectivity index (χ2v) is 15.3. The number of rotatable bonds is 18. The van der Waals surface area contributed by atoms with Crippen molar-refractivity contribution in [2.24, 2.45) is 5.14 Å². The molecule has 0 saturated heterocycles. The molecule has 0 heterocycles. The normalized spacial score (nSPS) is 13.2. The number of carbonyl (C=O) groups excluding carboxylic acids is 2. The Hall–Kier alpha value is -3.03. The third-order valence-electron chi connectivity index (χ3n) is 6.99. The number of hydrogen-bond donors (Lipinski definition) is 3. The summed E-state index contributed by atoms with van der Waals surface area (Å²) in [6, 6.07) is 23.9. The number of nitrogens with two attached hydrogens (primary N) is 1. The SMILES string of the molecule is CS(=O)(=O)NC(=O)c1ccccc1SC(c1ccccc1CCCCCCCCc1ccccc1)C(O)C(=O)CS(N)(=O)=O. The van der Waals surface area contributed by atoms with E-state index in [1.54, 1.807) is 30.3 Å². The smallest absolute Gasteiger partial charge is 0.265 e. The molecule has 0 aliphatic carbocycles. The number of ketones is 1. The molecule has 0 aromatic heterocycles. The molecule has 4 N–H and O–H groups in total. The van der Waals surface area contributed by atoms with Crippen LogP contribution in [0.25, 0.3) is 0 Å². The molecule has 3 aromatic carbocycles. The summed E-state index contributed by atoms with van der Waals surface area (Å²) in [4.78, 5) is 26.0. The van der Waals surface area contributed by atoms with Gasteiger partial charge in [-0.2, -0.15) is 0 Å². The Bertz CT molecular complexity index is 1610. The van der Waals surface area contributed by atoms with Crippen LogP contribution in [0.2, 0.25) is 0 Å². The van der Waals surface area contributed by atoms with Gasteiger partial charge in [0.1, 0.15) is 11.9 Å². The second kappa shape index (κ2) is 16.9.